The highest BCUT2D eigenvalue weighted by Crippen LogP contribution is 2.14. The highest BCUT2D eigenvalue weighted by atomic mass is 16.5. The summed E-state index contributed by atoms with van der Waals surface area (Å²) < 4.78 is 5.53. The number of allylic oxidation sites excluding steroid dienone is 4. The molecule has 0 saturated carbocycles. The summed E-state index contributed by atoms with van der Waals surface area (Å²) in [6.07, 6.45) is 22.5. The molecular formula is C24H42O4. The molecule has 162 valence electrons. The first-order valence-electron chi connectivity index (χ1n) is 11.3. The molecule has 28 heavy (non-hydrogen) atoms. The highest BCUT2D eigenvalue weighted by Gasteiger charge is 2.14. The van der Waals surface area contributed by atoms with Crippen molar-refractivity contribution in [1.82, 2.24) is 0 Å². The fraction of sp³-hybridized carbons (Fsp3) is 0.750. The Kier molecular flexibility index (Phi) is 19.0. The molecule has 0 radical (unpaired) electrons. The fourth-order valence-electron chi connectivity index (χ4n) is 3.05. The molecule has 1 atom stereocenters. The van der Waals surface area contributed by atoms with Crippen molar-refractivity contribution >= 4 is 11.9 Å². The lowest BCUT2D eigenvalue weighted by molar-refractivity contribution is -0.150. The number of aliphatic carboxylic acids is 1. The van der Waals surface area contributed by atoms with E-state index in [0.717, 1.165) is 44.9 Å². The van der Waals surface area contributed by atoms with Gasteiger partial charge in [-0.15, -0.1) is 0 Å². The van der Waals surface area contributed by atoms with E-state index in [1.807, 2.05) is 0 Å². The summed E-state index contributed by atoms with van der Waals surface area (Å²) in [7, 11) is 0. The monoisotopic (exact) mass is 394 g/mol. The van der Waals surface area contributed by atoms with Crippen LogP contribution < -0.4 is 0 Å². The molecule has 0 bridgehead atoms. The van der Waals surface area contributed by atoms with Gasteiger partial charge in [0.15, 0.2) is 0 Å². The van der Waals surface area contributed by atoms with Gasteiger partial charge in [-0.25, -0.2) is 0 Å². The zero-order chi connectivity index (χ0) is 20.9. The van der Waals surface area contributed by atoms with E-state index in [-0.39, 0.29) is 18.5 Å². The molecule has 4 nitrogen and oxygen atoms in total. The number of carbonyl (C=O) groups excluding carboxylic acids is 1. The minimum Gasteiger partial charge on any atom is -0.481 e. The maximum atomic E-state index is 12.0. The summed E-state index contributed by atoms with van der Waals surface area (Å²) in [6, 6.07) is 0. The van der Waals surface area contributed by atoms with Crippen LogP contribution in [0.3, 0.4) is 0 Å². The van der Waals surface area contributed by atoms with E-state index in [9.17, 15) is 9.59 Å². The molecule has 0 saturated heterocycles. The van der Waals surface area contributed by atoms with Gasteiger partial charge in [0.2, 0.25) is 0 Å². The van der Waals surface area contributed by atoms with Gasteiger partial charge >= 0.3 is 11.9 Å². The van der Waals surface area contributed by atoms with Crippen LogP contribution in [0.4, 0.5) is 0 Å². The number of carbonyl (C=O) groups is 2. The predicted octanol–water partition coefficient (Wildman–Crippen LogP) is 6.99. The van der Waals surface area contributed by atoms with Gasteiger partial charge in [0.25, 0.3) is 0 Å². The predicted molar refractivity (Wildman–Crippen MR) is 116 cm³/mol. The number of carboxylic acids is 1. The summed E-state index contributed by atoms with van der Waals surface area (Å²) >= 11 is 0. The first kappa shape index (κ1) is 26.4. The standard InChI is InChI=1S/C24H42O4/c1-3-5-6-7-8-9-10-11-12-13-14-15-16-21-24(27)28-22(18-4-2)19-17-20-23(25)26/h6-7,9-10,22H,3-5,8,11-21H2,1-2H3,(H,25,26)/b7-6-,10-9-. The zero-order valence-corrected chi connectivity index (χ0v) is 18.2. The maximum absolute atomic E-state index is 12.0. The van der Waals surface area contributed by atoms with Gasteiger partial charge in [0, 0.05) is 12.8 Å². The second kappa shape index (κ2) is 20.2. The Hall–Kier alpha value is -1.58. The summed E-state index contributed by atoms with van der Waals surface area (Å²) in [6.45, 7) is 4.24. The van der Waals surface area contributed by atoms with Crippen molar-refractivity contribution in [3.63, 3.8) is 0 Å². The van der Waals surface area contributed by atoms with Crippen LogP contribution in [0, 0.1) is 0 Å². The maximum Gasteiger partial charge on any atom is 0.306 e. The molecule has 1 unspecified atom stereocenters. The van der Waals surface area contributed by atoms with Crippen molar-refractivity contribution in [2.45, 2.75) is 116 Å². The van der Waals surface area contributed by atoms with E-state index in [1.54, 1.807) is 0 Å². The molecule has 0 aliphatic heterocycles. The SMILES string of the molecule is CCC/C=C\C/C=C\CCCCCCCC(=O)OC(CCC)CCCC(=O)O. The van der Waals surface area contributed by atoms with Crippen LogP contribution in [0.5, 0.6) is 0 Å². The molecule has 0 rings (SSSR count). The topological polar surface area (TPSA) is 63.6 Å². The molecule has 0 aliphatic rings. The molecule has 1 N–H and O–H groups in total. The second-order valence-electron chi connectivity index (χ2n) is 7.46. The van der Waals surface area contributed by atoms with Crippen LogP contribution >= 0.6 is 0 Å². The molecule has 0 aromatic rings. The summed E-state index contributed by atoms with van der Waals surface area (Å²) in [5, 5.41) is 8.71. The molecule has 0 heterocycles. The third-order valence-electron chi connectivity index (χ3n) is 4.64. The number of carboxylic acid groups (broad SMARTS) is 1. The summed E-state index contributed by atoms with van der Waals surface area (Å²) in [5.74, 6) is -0.922. The summed E-state index contributed by atoms with van der Waals surface area (Å²) in [5.41, 5.74) is 0. The van der Waals surface area contributed by atoms with Gasteiger partial charge in [-0.05, 0) is 51.4 Å². The van der Waals surface area contributed by atoms with Crippen molar-refractivity contribution in [3.8, 4) is 0 Å². The Morgan fingerprint density at radius 1 is 0.786 bits per heavy atom. The Morgan fingerprint density at radius 3 is 2.14 bits per heavy atom. The van der Waals surface area contributed by atoms with Gasteiger partial charge < -0.3 is 9.84 Å². The van der Waals surface area contributed by atoms with Gasteiger partial charge in [0.05, 0.1) is 0 Å². The van der Waals surface area contributed by atoms with E-state index in [0.29, 0.717) is 19.3 Å². The van der Waals surface area contributed by atoms with E-state index in [1.165, 1.54) is 25.7 Å². The lowest BCUT2D eigenvalue weighted by Crippen LogP contribution is -2.18. The van der Waals surface area contributed by atoms with E-state index in [2.05, 4.69) is 38.2 Å². The van der Waals surface area contributed by atoms with Crippen LogP contribution in [0.15, 0.2) is 24.3 Å². The zero-order valence-electron chi connectivity index (χ0n) is 18.2. The van der Waals surface area contributed by atoms with Crippen LogP contribution in [0.25, 0.3) is 0 Å². The molecule has 0 aromatic carbocycles. The van der Waals surface area contributed by atoms with Gasteiger partial charge in [-0.2, -0.15) is 0 Å². The van der Waals surface area contributed by atoms with E-state index < -0.39 is 5.97 Å². The number of rotatable bonds is 19. The minimum absolute atomic E-state index is 0.125. The van der Waals surface area contributed by atoms with Crippen LogP contribution in [-0.2, 0) is 14.3 Å². The van der Waals surface area contributed by atoms with E-state index in [4.69, 9.17) is 9.84 Å². The lowest BCUT2D eigenvalue weighted by atomic mass is 10.1. The average molecular weight is 395 g/mol. The van der Waals surface area contributed by atoms with Crippen LogP contribution in [-0.4, -0.2) is 23.1 Å². The van der Waals surface area contributed by atoms with Gasteiger partial charge in [-0.3, -0.25) is 9.59 Å². The molecule has 0 aromatic heterocycles. The molecule has 0 fully saturated rings. The number of hydrogen-bond acceptors (Lipinski definition) is 3. The van der Waals surface area contributed by atoms with E-state index >= 15 is 0 Å². The first-order chi connectivity index (χ1) is 13.6. The normalized spacial score (nSPS) is 12.6. The smallest absolute Gasteiger partial charge is 0.306 e. The van der Waals surface area contributed by atoms with Gasteiger partial charge in [0.1, 0.15) is 6.10 Å². The minimum atomic E-state index is -0.791. The Morgan fingerprint density at radius 2 is 1.46 bits per heavy atom. The molecule has 0 spiro atoms. The second-order valence-corrected chi connectivity index (χ2v) is 7.46. The van der Waals surface area contributed by atoms with Crippen molar-refractivity contribution in [3.05, 3.63) is 24.3 Å². The third-order valence-corrected chi connectivity index (χ3v) is 4.64. The molecule has 0 aliphatic carbocycles. The summed E-state index contributed by atoms with van der Waals surface area (Å²) in [4.78, 5) is 22.6. The fourth-order valence-corrected chi connectivity index (χ4v) is 3.05. The third kappa shape index (κ3) is 19.2. The number of hydrogen-bond donors (Lipinski definition) is 1. The Bertz CT molecular complexity index is 440. The van der Waals surface area contributed by atoms with Gasteiger partial charge in [-0.1, -0.05) is 70.3 Å². The Labute approximate surface area is 172 Å². The van der Waals surface area contributed by atoms with Crippen molar-refractivity contribution < 1.29 is 19.4 Å². The quantitative estimate of drug-likeness (QED) is 0.146. The molecule has 0 amide bonds. The first-order valence-corrected chi connectivity index (χ1v) is 11.3. The van der Waals surface area contributed by atoms with Crippen molar-refractivity contribution in [2.24, 2.45) is 0 Å². The number of unbranched alkanes of at least 4 members (excludes halogenated alkanes) is 6. The number of esters is 1. The van der Waals surface area contributed by atoms with Crippen molar-refractivity contribution in [1.29, 1.82) is 0 Å². The van der Waals surface area contributed by atoms with Crippen molar-refractivity contribution in [2.75, 3.05) is 0 Å². The van der Waals surface area contributed by atoms with Crippen LogP contribution in [0.1, 0.15) is 110 Å². The highest BCUT2D eigenvalue weighted by molar-refractivity contribution is 5.69. The molecule has 4 heteroatoms. The number of ether oxygens (including phenoxy) is 1. The lowest BCUT2D eigenvalue weighted by Gasteiger charge is -2.17. The molecular weight excluding hydrogens is 352 g/mol. The Balaban J connectivity index is 3.63. The van der Waals surface area contributed by atoms with Crippen LogP contribution in [0.2, 0.25) is 0 Å². The average Bonchev–Trinajstić information content (AvgIpc) is 2.65. The largest absolute Gasteiger partial charge is 0.481 e.